The van der Waals surface area contributed by atoms with Crippen LogP contribution >= 0.6 is 15.9 Å². The molecule has 0 amide bonds. The smallest absolute Gasteiger partial charge is 0.0698 e. The van der Waals surface area contributed by atoms with Gasteiger partial charge in [-0.05, 0) is 48.2 Å². The molecule has 1 aromatic rings. The summed E-state index contributed by atoms with van der Waals surface area (Å²) >= 11 is 3.69. The van der Waals surface area contributed by atoms with Crippen LogP contribution in [-0.2, 0) is 6.54 Å². The molecule has 0 aliphatic heterocycles. The topological polar surface area (TPSA) is 29.9 Å². The molecule has 0 saturated heterocycles. The third kappa shape index (κ3) is 3.60. The number of nitrogens with one attached hydrogen (secondary N) is 1. The van der Waals surface area contributed by atoms with Crippen LogP contribution in [0.15, 0.2) is 10.7 Å². The van der Waals surface area contributed by atoms with E-state index in [1.54, 1.807) is 0 Å². The second-order valence-electron chi connectivity index (χ2n) is 5.62. The van der Waals surface area contributed by atoms with Gasteiger partial charge in [-0.2, -0.15) is 5.10 Å². The Hall–Kier alpha value is -0.350. The Morgan fingerprint density at radius 2 is 2.05 bits per heavy atom. The van der Waals surface area contributed by atoms with Crippen molar-refractivity contribution in [1.29, 1.82) is 0 Å². The summed E-state index contributed by atoms with van der Waals surface area (Å²) in [6.45, 7) is 3.21. The van der Waals surface area contributed by atoms with E-state index in [4.69, 9.17) is 0 Å². The highest BCUT2D eigenvalue weighted by atomic mass is 79.9. The molecule has 1 aliphatic carbocycles. The molecular weight excluding hydrogens is 302 g/mol. The number of aryl methyl sites for hydroxylation is 1. The van der Waals surface area contributed by atoms with Gasteiger partial charge < -0.3 is 5.32 Å². The highest BCUT2D eigenvalue weighted by Gasteiger charge is 2.27. The molecule has 0 radical (unpaired) electrons. The normalized spacial score (nSPS) is 19.3. The Balaban J connectivity index is 2.22. The van der Waals surface area contributed by atoms with E-state index in [1.807, 2.05) is 6.20 Å². The monoisotopic (exact) mass is 327 g/mol. The molecule has 0 bridgehead atoms. The van der Waals surface area contributed by atoms with Gasteiger partial charge in [0.2, 0.25) is 0 Å². The Bertz CT molecular complexity index is 381. The van der Waals surface area contributed by atoms with Crippen LogP contribution in [0, 0.1) is 5.92 Å². The molecule has 0 aromatic carbocycles. The van der Waals surface area contributed by atoms with Crippen molar-refractivity contribution >= 4 is 15.9 Å². The summed E-state index contributed by atoms with van der Waals surface area (Å²) in [6.07, 6.45) is 11.3. The lowest BCUT2D eigenvalue weighted by Gasteiger charge is -2.27. The first-order chi connectivity index (χ1) is 9.27. The third-order valence-electron chi connectivity index (χ3n) is 4.25. The number of halogens is 1. The molecule has 1 aromatic heterocycles. The fourth-order valence-electron chi connectivity index (χ4n) is 3.31. The molecule has 108 valence electrons. The van der Waals surface area contributed by atoms with Crippen LogP contribution in [0.5, 0.6) is 0 Å². The quantitative estimate of drug-likeness (QED) is 0.817. The molecule has 19 heavy (non-hydrogen) atoms. The first-order valence-corrected chi connectivity index (χ1v) is 8.45. The maximum Gasteiger partial charge on any atom is 0.0698 e. The molecule has 2 rings (SSSR count). The summed E-state index contributed by atoms with van der Waals surface area (Å²) in [5.41, 5.74) is 1.34. The van der Waals surface area contributed by atoms with Crippen molar-refractivity contribution < 1.29 is 0 Å². The van der Waals surface area contributed by atoms with Crippen LogP contribution in [0.2, 0.25) is 0 Å². The molecule has 1 N–H and O–H groups in total. The van der Waals surface area contributed by atoms with Gasteiger partial charge in [-0.15, -0.1) is 0 Å². The highest BCUT2D eigenvalue weighted by molar-refractivity contribution is 9.10. The minimum absolute atomic E-state index is 0.432. The molecular formula is C15H26BrN3. The lowest BCUT2D eigenvalue weighted by Crippen LogP contribution is -2.28. The summed E-state index contributed by atoms with van der Waals surface area (Å²) in [5, 5.41) is 8.07. The van der Waals surface area contributed by atoms with Gasteiger partial charge in [-0.1, -0.05) is 32.6 Å². The van der Waals surface area contributed by atoms with Crippen LogP contribution < -0.4 is 5.32 Å². The molecule has 4 heteroatoms. The van der Waals surface area contributed by atoms with Crippen molar-refractivity contribution in [2.45, 2.75) is 64.5 Å². The number of rotatable bonds is 5. The van der Waals surface area contributed by atoms with Crippen molar-refractivity contribution in [2.75, 3.05) is 7.05 Å². The number of aromatic nitrogens is 2. The minimum atomic E-state index is 0.432. The van der Waals surface area contributed by atoms with E-state index in [0.29, 0.717) is 6.04 Å². The SMILES string of the molecule is CCCn1ncc(Br)c1C(NC)C1CCCCCC1. The summed E-state index contributed by atoms with van der Waals surface area (Å²) in [5.74, 6) is 0.746. The van der Waals surface area contributed by atoms with Gasteiger partial charge in [0.1, 0.15) is 0 Å². The maximum absolute atomic E-state index is 4.52. The first-order valence-electron chi connectivity index (χ1n) is 7.66. The maximum atomic E-state index is 4.52. The van der Waals surface area contributed by atoms with E-state index in [9.17, 15) is 0 Å². The van der Waals surface area contributed by atoms with E-state index in [-0.39, 0.29) is 0 Å². The fraction of sp³-hybridized carbons (Fsp3) is 0.800. The van der Waals surface area contributed by atoms with E-state index < -0.39 is 0 Å². The molecule has 1 saturated carbocycles. The van der Waals surface area contributed by atoms with Gasteiger partial charge in [-0.25, -0.2) is 0 Å². The minimum Gasteiger partial charge on any atom is -0.311 e. The van der Waals surface area contributed by atoms with Crippen molar-refractivity contribution in [3.8, 4) is 0 Å². The largest absolute Gasteiger partial charge is 0.311 e. The van der Waals surface area contributed by atoms with Crippen molar-refractivity contribution in [3.63, 3.8) is 0 Å². The molecule has 1 heterocycles. The fourth-order valence-corrected chi connectivity index (χ4v) is 3.85. The predicted octanol–water partition coefficient (Wildman–Crippen LogP) is 4.29. The van der Waals surface area contributed by atoms with E-state index in [0.717, 1.165) is 23.4 Å². The first kappa shape index (κ1) is 15.0. The van der Waals surface area contributed by atoms with Crippen LogP contribution in [0.3, 0.4) is 0 Å². The number of hydrogen-bond acceptors (Lipinski definition) is 2. The van der Waals surface area contributed by atoms with Crippen LogP contribution in [0.25, 0.3) is 0 Å². The summed E-state index contributed by atoms with van der Waals surface area (Å²) in [6, 6.07) is 0.432. The summed E-state index contributed by atoms with van der Waals surface area (Å²) < 4.78 is 3.33. The lowest BCUT2D eigenvalue weighted by molar-refractivity contribution is 0.322. The van der Waals surface area contributed by atoms with E-state index >= 15 is 0 Å². The van der Waals surface area contributed by atoms with Crippen molar-refractivity contribution in [1.82, 2.24) is 15.1 Å². The zero-order valence-electron chi connectivity index (χ0n) is 12.2. The Kier molecular flexibility index (Phi) is 5.89. The van der Waals surface area contributed by atoms with Crippen LogP contribution in [-0.4, -0.2) is 16.8 Å². The zero-order valence-corrected chi connectivity index (χ0v) is 13.7. The lowest BCUT2D eigenvalue weighted by atomic mass is 9.90. The summed E-state index contributed by atoms with van der Waals surface area (Å²) in [4.78, 5) is 0. The van der Waals surface area contributed by atoms with Crippen molar-refractivity contribution in [3.05, 3.63) is 16.4 Å². The molecule has 1 fully saturated rings. The second-order valence-corrected chi connectivity index (χ2v) is 6.47. The van der Waals surface area contributed by atoms with Gasteiger partial charge in [0, 0.05) is 6.54 Å². The van der Waals surface area contributed by atoms with Gasteiger partial charge in [0.05, 0.1) is 22.4 Å². The van der Waals surface area contributed by atoms with Crippen molar-refractivity contribution in [2.24, 2.45) is 5.92 Å². The molecule has 1 atom stereocenters. The second kappa shape index (κ2) is 7.44. The molecule has 0 spiro atoms. The molecule has 3 nitrogen and oxygen atoms in total. The predicted molar refractivity (Wildman–Crippen MR) is 83.2 cm³/mol. The van der Waals surface area contributed by atoms with E-state index in [2.05, 4.69) is 45.0 Å². The molecule has 1 unspecified atom stereocenters. The van der Waals surface area contributed by atoms with Crippen LogP contribution in [0.1, 0.15) is 63.6 Å². The number of hydrogen-bond donors (Lipinski definition) is 1. The van der Waals surface area contributed by atoms with Gasteiger partial charge in [0.15, 0.2) is 0 Å². The van der Waals surface area contributed by atoms with Gasteiger partial charge in [-0.3, -0.25) is 4.68 Å². The number of nitrogens with zero attached hydrogens (tertiary/aromatic N) is 2. The van der Waals surface area contributed by atoms with E-state index in [1.165, 1.54) is 44.2 Å². The van der Waals surface area contributed by atoms with Gasteiger partial charge in [0.25, 0.3) is 0 Å². The Labute approximate surface area is 125 Å². The highest BCUT2D eigenvalue weighted by Crippen LogP contribution is 2.36. The molecule has 1 aliphatic rings. The third-order valence-corrected chi connectivity index (χ3v) is 4.86. The summed E-state index contributed by atoms with van der Waals surface area (Å²) in [7, 11) is 2.09. The van der Waals surface area contributed by atoms with Gasteiger partial charge >= 0.3 is 0 Å². The zero-order chi connectivity index (χ0) is 13.7. The van der Waals surface area contributed by atoms with Crippen LogP contribution in [0.4, 0.5) is 0 Å². The Morgan fingerprint density at radius 3 is 2.63 bits per heavy atom. The Morgan fingerprint density at radius 1 is 1.37 bits per heavy atom. The standard InChI is InChI=1S/C15H26BrN3/c1-3-10-19-15(13(16)11-18-19)14(17-2)12-8-6-4-5-7-9-12/h11-12,14,17H,3-10H2,1-2H3. The average Bonchev–Trinajstić information content (AvgIpc) is 2.65. The average molecular weight is 328 g/mol.